The highest BCUT2D eigenvalue weighted by Gasteiger charge is 2.31. The highest BCUT2D eigenvalue weighted by Crippen LogP contribution is 2.14. The van der Waals surface area contributed by atoms with Gasteiger partial charge in [0.1, 0.15) is 48.3 Å². The number of carboxylic acids is 6. The Bertz CT molecular complexity index is 3270. The molecule has 4 aromatic rings. The molecule has 8 unspecified atom stereocenters. The van der Waals surface area contributed by atoms with Gasteiger partial charge < -0.3 is 83.8 Å². The maximum Gasteiger partial charge on any atom is 0.326 e. The Morgan fingerprint density at radius 2 is 0.532 bits per heavy atom. The van der Waals surface area contributed by atoms with E-state index in [1.165, 1.54) is 0 Å². The first-order valence-electron chi connectivity index (χ1n) is 36.9. The molecule has 595 valence electrons. The minimum atomic E-state index is -1.53. The lowest BCUT2D eigenvalue weighted by Crippen LogP contribution is -2.60. The van der Waals surface area contributed by atoms with E-state index in [4.69, 9.17) is 10.2 Å². The van der Waals surface area contributed by atoms with Gasteiger partial charge in [0.15, 0.2) is 0 Å². The molecule has 33 nitrogen and oxygen atoms in total. The SMILES string of the molecule is O=C(O)CCC(NC(=O)NC(CCCCNC(=O)CCCCCCCNC(=O)C(Cc1ccccc1)NC(=O)C(Cc1ccccc1)N[N]NC(Cc1ccccc1)C(=O)NC(Cc1ccccc1)C(=O)NCCCCCCCC(=O)NCCCCC(NC(=O)NC(CCC(=O)O)C(=O)O)C(=O)O)C(=O)O)C(=O)O. The molecule has 4 aromatic carbocycles. The van der Waals surface area contributed by atoms with Crippen molar-refractivity contribution in [2.75, 3.05) is 26.2 Å². The van der Waals surface area contributed by atoms with Crippen molar-refractivity contribution in [2.45, 2.75) is 215 Å². The molecule has 33 heteroatoms. The fourth-order valence-corrected chi connectivity index (χ4v) is 11.4. The van der Waals surface area contributed by atoms with Crippen LogP contribution in [0.1, 0.15) is 164 Å². The number of carboxylic acid groups (broad SMARTS) is 6. The Hall–Kier alpha value is -11.1. The second kappa shape index (κ2) is 52.8. The van der Waals surface area contributed by atoms with Gasteiger partial charge in [0.05, 0.1) is 0 Å². The number of nitrogens with one attached hydrogen (secondary N) is 12. The van der Waals surface area contributed by atoms with Crippen LogP contribution in [0.15, 0.2) is 121 Å². The Morgan fingerprint density at radius 3 is 0.835 bits per heavy atom. The van der Waals surface area contributed by atoms with Gasteiger partial charge in [-0.1, -0.05) is 165 Å². The van der Waals surface area contributed by atoms with Crippen molar-refractivity contribution in [1.29, 1.82) is 0 Å². The molecule has 4 rings (SSSR count). The van der Waals surface area contributed by atoms with Crippen LogP contribution in [0.5, 0.6) is 0 Å². The molecule has 8 atom stereocenters. The first kappa shape index (κ1) is 90.3. The van der Waals surface area contributed by atoms with Gasteiger partial charge in [0, 0.05) is 64.7 Å². The lowest BCUT2D eigenvalue weighted by molar-refractivity contribution is -0.142. The van der Waals surface area contributed by atoms with Gasteiger partial charge >= 0.3 is 47.9 Å². The molecule has 0 saturated carbocycles. The third-order valence-corrected chi connectivity index (χ3v) is 17.4. The van der Waals surface area contributed by atoms with Crippen LogP contribution in [-0.2, 0) is 83.2 Å². The number of amides is 10. The number of hydrogen-bond acceptors (Lipinski definition) is 16. The average Bonchev–Trinajstić information content (AvgIpc) is 0.859. The lowest BCUT2D eigenvalue weighted by Gasteiger charge is -2.25. The minimum Gasteiger partial charge on any atom is -0.481 e. The van der Waals surface area contributed by atoms with E-state index in [0.717, 1.165) is 60.8 Å². The zero-order chi connectivity index (χ0) is 79.6. The summed E-state index contributed by atoms with van der Waals surface area (Å²) in [5, 5.41) is 81.4. The fourth-order valence-electron chi connectivity index (χ4n) is 11.4. The summed E-state index contributed by atoms with van der Waals surface area (Å²) in [4.78, 5) is 175. The van der Waals surface area contributed by atoms with Gasteiger partial charge in [-0.3, -0.25) is 38.4 Å². The Labute approximate surface area is 633 Å². The van der Waals surface area contributed by atoms with Gasteiger partial charge in [-0.05, 0) is 112 Å². The van der Waals surface area contributed by atoms with Gasteiger partial charge in [-0.2, -0.15) is 0 Å². The normalized spacial score (nSPS) is 13.1. The molecule has 18 N–H and O–H groups in total. The number of benzene rings is 4. The number of rotatable bonds is 58. The minimum absolute atomic E-state index is 0.0106. The molecule has 0 saturated heterocycles. The van der Waals surface area contributed by atoms with Crippen LogP contribution in [-0.4, -0.2) is 188 Å². The molecule has 0 aromatic heterocycles. The summed E-state index contributed by atoms with van der Waals surface area (Å²) in [5.74, 6) is -10.5. The van der Waals surface area contributed by atoms with Crippen LogP contribution < -0.4 is 69.6 Å². The molecule has 0 spiro atoms. The van der Waals surface area contributed by atoms with Crippen LogP contribution in [0.3, 0.4) is 0 Å². The summed E-state index contributed by atoms with van der Waals surface area (Å²) < 4.78 is 0. The van der Waals surface area contributed by atoms with E-state index in [1.54, 1.807) is 0 Å². The highest BCUT2D eigenvalue weighted by atomic mass is 16.4. The zero-order valence-corrected chi connectivity index (χ0v) is 61.2. The van der Waals surface area contributed by atoms with Crippen molar-refractivity contribution in [2.24, 2.45) is 0 Å². The summed E-state index contributed by atoms with van der Waals surface area (Å²) in [5.41, 5.74) is 13.4. The maximum absolute atomic E-state index is 14.5. The highest BCUT2D eigenvalue weighted by molar-refractivity contribution is 5.92. The monoisotopic (exact) mass is 1520 g/mol. The van der Waals surface area contributed by atoms with Crippen LogP contribution in [0.4, 0.5) is 9.59 Å². The number of unbranched alkanes of at least 4 members (excludes halogenated alkanes) is 10. The largest absolute Gasteiger partial charge is 0.481 e. The standard InChI is InChI=1S/C76H106N13O20/c90-63(77-43-25-21-35-55(71(100)101)83-75(108)85-57(73(104)105)39-41-65(92)93)37-19-3-1-5-23-45-79-67(96)59(47-51-27-11-7-12-28-51)81-69(98)61(49-53-31-15-9-16-32-53)87-89-88-62(50-54-33-17-10-18-34-54)70(99)82-60(48-52-29-13-8-14-30-52)68(97)80-46-24-6-2-4-20-38-64(91)78-44-26-22-36-56(72(102)103)84-76(109)86-58(74(106)107)40-42-66(94)95/h7-18,27-34,55-62,87-88H,1-6,19-26,35-50H2,(H,77,90)(H,78,91)(H,79,96)(H,80,97)(H,81,98)(H,82,99)(H,92,93)(H,94,95)(H,100,101)(H,102,103)(H,104,105)(H,106,107)(H2,83,85,108)(H2,84,86,109). The fraction of sp³-hybridized carbons (Fsp3) is 0.500. The first-order valence-corrected chi connectivity index (χ1v) is 36.9. The third kappa shape index (κ3) is 40.5. The van der Waals surface area contributed by atoms with E-state index < -0.39 is 146 Å². The summed E-state index contributed by atoms with van der Waals surface area (Å²) in [6.45, 7) is 1.13. The molecule has 0 fully saturated rings. The molecular formula is C76H106N13O20. The van der Waals surface area contributed by atoms with Crippen LogP contribution in [0, 0.1) is 0 Å². The van der Waals surface area contributed by atoms with Gasteiger partial charge in [0.2, 0.25) is 35.4 Å². The van der Waals surface area contributed by atoms with Crippen molar-refractivity contribution in [1.82, 2.24) is 69.6 Å². The molecule has 1 radical (unpaired) electrons. The van der Waals surface area contributed by atoms with E-state index in [2.05, 4.69) is 69.6 Å². The van der Waals surface area contributed by atoms with Crippen molar-refractivity contribution < 1.29 is 97.8 Å². The van der Waals surface area contributed by atoms with Crippen molar-refractivity contribution in [3.05, 3.63) is 144 Å². The molecule has 0 bridgehead atoms. The number of carbonyl (C=O) groups excluding carboxylic acids is 8. The predicted molar refractivity (Wildman–Crippen MR) is 398 cm³/mol. The van der Waals surface area contributed by atoms with E-state index >= 15 is 0 Å². The molecule has 0 aliphatic heterocycles. The van der Waals surface area contributed by atoms with E-state index in [-0.39, 0.29) is 76.3 Å². The molecule has 0 aliphatic carbocycles. The van der Waals surface area contributed by atoms with Crippen LogP contribution in [0.25, 0.3) is 0 Å². The molecular weight excluding hydrogens is 1410 g/mol. The van der Waals surface area contributed by atoms with Crippen LogP contribution >= 0.6 is 0 Å². The number of nitrogens with zero attached hydrogens (tertiary/aromatic N) is 1. The van der Waals surface area contributed by atoms with Gasteiger partial charge in [-0.15, -0.1) is 0 Å². The number of hydrogen-bond donors (Lipinski definition) is 18. The van der Waals surface area contributed by atoms with E-state index in [0.29, 0.717) is 64.5 Å². The molecule has 10 amide bonds. The molecule has 109 heavy (non-hydrogen) atoms. The Kier molecular flexibility index (Phi) is 43.8. The molecule has 0 aliphatic rings. The Balaban J connectivity index is 1.25. The number of urea groups is 2. The van der Waals surface area contributed by atoms with Gasteiger partial charge in [0.25, 0.3) is 0 Å². The van der Waals surface area contributed by atoms with E-state index in [9.17, 15) is 87.5 Å². The summed E-state index contributed by atoms with van der Waals surface area (Å²) in [6, 6.07) is 24.7. The quantitative estimate of drug-likeness (QED) is 0.0220. The topological polar surface area (TPSA) is 519 Å². The van der Waals surface area contributed by atoms with Crippen molar-refractivity contribution in [3.8, 4) is 0 Å². The smallest absolute Gasteiger partial charge is 0.326 e. The Morgan fingerprint density at radius 1 is 0.266 bits per heavy atom. The second-order valence-electron chi connectivity index (χ2n) is 26.3. The number of aliphatic carboxylic acids is 6. The zero-order valence-electron chi connectivity index (χ0n) is 61.2. The van der Waals surface area contributed by atoms with Crippen LogP contribution in [0.2, 0.25) is 0 Å². The second-order valence-corrected chi connectivity index (χ2v) is 26.3. The number of carbonyl (C=O) groups is 14. The maximum atomic E-state index is 14.5. The summed E-state index contributed by atoms with van der Waals surface area (Å²) in [7, 11) is 0. The van der Waals surface area contributed by atoms with E-state index in [1.807, 2.05) is 121 Å². The van der Waals surface area contributed by atoms with Crippen molar-refractivity contribution in [3.63, 3.8) is 0 Å². The summed E-state index contributed by atoms with van der Waals surface area (Å²) in [6.07, 6.45) is 7.53. The third-order valence-electron chi connectivity index (χ3n) is 17.4. The lowest BCUT2D eigenvalue weighted by atomic mass is 10.0. The molecule has 0 heterocycles. The predicted octanol–water partition coefficient (Wildman–Crippen LogP) is 3.91. The van der Waals surface area contributed by atoms with Gasteiger partial charge in [-0.25, -0.2) is 39.6 Å². The summed E-state index contributed by atoms with van der Waals surface area (Å²) >= 11 is 0. The first-order chi connectivity index (χ1) is 52.4. The average molecular weight is 1520 g/mol. The van der Waals surface area contributed by atoms with Crippen molar-refractivity contribution >= 4 is 83.3 Å².